The van der Waals surface area contributed by atoms with Crippen molar-refractivity contribution in [3.05, 3.63) is 72.2 Å². The minimum Gasteiger partial charge on any atom is -0.493 e. The van der Waals surface area contributed by atoms with Crippen LogP contribution in [0.1, 0.15) is 26.2 Å². The molecule has 3 rings (SSSR count). The molecule has 0 spiro atoms. The van der Waals surface area contributed by atoms with Crippen molar-refractivity contribution in [1.29, 1.82) is 0 Å². The molecule has 0 saturated heterocycles. The molecule has 0 heterocycles. The average Bonchev–Trinajstić information content (AvgIpc) is 3.01. The molecule has 0 aromatic heterocycles. The third-order valence-electron chi connectivity index (χ3n) is 5.33. The zero-order valence-electron chi connectivity index (χ0n) is 15.3. The van der Waals surface area contributed by atoms with Crippen molar-refractivity contribution in [3.8, 4) is 0 Å². The van der Waals surface area contributed by atoms with Gasteiger partial charge in [-0.2, -0.15) is 0 Å². The zero-order chi connectivity index (χ0) is 18.6. The maximum Gasteiger partial charge on any atom is 0.203 e. The van der Waals surface area contributed by atoms with Crippen molar-refractivity contribution in [1.82, 2.24) is 0 Å². The number of Topliss-reactive ketones (excluding diaryl/α,β-unsaturated/α-hetero) is 1. The van der Waals surface area contributed by atoms with E-state index in [9.17, 15) is 9.36 Å². The number of hydrogen-bond acceptors (Lipinski definition) is 3. The first-order chi connectivity index (χ1) is 12.6. The van der Waals surface area contributed by atoms with Gasteiger partial charge in [-0.05, 0) is 24.8 Å². The number of carbonyl (C=O) groups excluding carboxylic acids is 1. The van der Waals surface area contributed by atoms with Gasteiger partial charge in [0.25, 0.3) is 0 Å². The molecular weight excluding hydrogens is 343 g/mol. The van der Waals surface area contributed by atoms with Gasteiger partial charge in [0.2, 0.25) is 7.14 Å². The molecule has 0 N–H and O–H groups in total. The van der Waals surface area contributed by atoms with E-state index in [1.807, 2.05) is 73.7 Å². The summed E-state index contributed by atoms with van der Waals surface area (Å²) in [6.07, 6.45) is 4.20. The molecule has 136 valence electrons. The van der Waals surface area contributed by atoms with Crippen LogP contribution in [0.4, 0.5) is 0 Å². The lowest BCUT2D eigenvalue weighted by Crippen LogP contribution is -2.18. The van der Waals surface area contributed by atoms with E-state index in [1.54, 1.807) is 7.11 Å². The number of carbonyl (C=O) groups is 1. The molecule has 1 aliphatic carbocycles. The second-order valence-corrected chi connectivity index (χ2v) is 9.51. The maximum absolute atomic E-state index is 14.2. The second-order valence-electron chi connectivity index (χ2n) is 6.82. The molecule has 1 fully saturated rings. The summed E-state index contributed by atoms with van der Waals surface area (Å²) in [7, 11) is -1.50. The number of methoxy groups -OCH3 is 1. The number of allylic oxidation sites excluding steroid dienone is 1. The van der Waals surface area contributed by atoms with E-state index in [2.05, 4.69) is 0 Å². The van der Waals surface area contributed by atoms with Gasteiger partial charge in [-0.15, -0.1) is 0 Å². The molecule has 0 bridgehead atoms. The van der Waals surface area contributed by atoms with Crippen molar-refractivity contribution in [2.45, 2.75) is 26.2 Å². The number of ketones is 1. The van der Waals surface area contributed by atoms with Crippen LogP contribution >= 0.6 is 7.14 Å². The van der Waals surface area contributed by atoms with Gasteiger partial charge in [-0.1, -0.05) is 67.6 Å². The summed E-state index contributed by atoms with van der Waals surface area (Å²) < 4.78 is 19.9. The number of hydrogen-bond donors (Lipinski definition) is 0. The Hall–Kier alpha value is -2.12. The monoisotopic (exact) mass is 368 g/mol. The number of ether oxygens (including phenoxy) is 1. The average molecular weight is 368 g/mol. The van der Waals surface area contributed by atoms with E-state index >= 15 is 0 Å². The van der Waals surface area contributed by atoms with Gasteiger partial charge in [-0.3, -0.25) is 4.79 Å². The highest BCUT2D eigenvalue weighted by molar-refractivity contribution is 7.82. The first-order valence-electron chi connectivity index (χ1n) is 9.06. The molecule has 0 radical (unpaired) electrons. The van der Waals surface area contributed by atoms with E-state index in [-0.39, 0.29) is 5.92 Å². The fourth-order valence-corrected chi connectivity index (χ4v) is 6.27. The lowest BCUT2D eigenvalue weighted by atomic mass is 9.94. The first-order valence-corrected chi connectivity index (χ1v) is 10.8. The Morgan fingerprint density at radius 2 is 1.62 bits per heavy atom. The highest BCUT2D eigenvalue weighted by Gasteiger charge is 2.35. The molecule has 0 amide bonds. The van der Waals surface area contributed by atoms with Gasteiger partial charge in [0.1, 0.15) is 5.78 Å². The Morgan fingerprint density at radius 3 is 2.04 bits per heavy atom. The predicted molar refractivity (Wildman–Crippen MR) is 106 cm³/mol. The first kappa shape index (κ1) is 18.7. The van der Waals surface area contributed by atoms with Crippen LogP contribution in [0.25, 0.3) is 0 Å². The standard InChI is InChI=1S/C22H25O3P/c1-17-18(13-15-21(17)23)14-16-22(25-2)26(24,19-9-5-3-6-10-19)20-11-7-4-8-12-20/h3-12,16-18H,13-15H2,1-2H3/b22-16+/t17-,18-/m0/s1. The van der Waals surface area contributed by atoms with Crippen molar-refractivity contribution < 1.29 is 14.1 Å². The molecule has 0 aliphatic heterocycles. The van der Waals surface area contributed by atoms with E-state index in [1.165, 1.54) is 0 Å². The predicted octanol–water partition coefficient (Wildman–Crippen LogP) is 4.49. The summed E-state index contributed by atoms with van der Waals surface area (Å²) in [4.78, 5) is 11.8. The van der Waals surface area contributed by atoms with Crippen LogP contribution in [0.15, 0.2) is 72.2 Å². The summed E-state index contributed by atoms with van der Waals surface area (Å²) in [5, 5.41) is 1.52. The molecule has 1 saturated carbocycles. The largest absolute Gasteiger partial charge is 0.493 e. The normalized spacial score (nSPS) is 21.0. The Labute approximate surface area is 155 Å². The quantitative estimate of drug-likeness (QED) is 0.557. The van der Waals surface area contributed by atoms with Crippen molar-refractivity contribution in [2.75, 3.05) is 7.11 Å². The maximum atomic E-state index is 14.2. The molecule has 2 aromatic rings. The molecule has 3 nitrogen and oxygen atoms in total. The summed E-state index contributed by atoms with van der Waals surface area (Å²) >= 11 is 0. The van der Waals surface area contributed by atoms with E-state index < -0.39 is 7.14 Å². The molecule has 2 atom stereocenters. The van der Waals surface area contributed by atoms with Gasteiger partial charge in [0, 0.05) is 22.9 Å². The molecule has 2 aromatic carbocycles. The zero-order valence-corrected chi connectivity index (χ0v) is 16.2. The minimum atomic E-state index is -3.07. The van der Waals surface area contributed by atoms with Gasteiger partial charge >= 0.3 is 0 Å². The lowest BCUT2D eigenvalue weighted by molar-refractivity contribution is -0.120. The van der Waals surface area contributed by atoms with E-state index in [4.69, 9.17) is 4.74 Å². The van der Waals surface area contributed by atoms with Gasteiger partial charge < -0.3 is 9.30 Å². The smallest absolute Gasteiger partial charge is 0.203 e. The van der Waals surface area contributed by atoms with Gasteiger partial charge in [-0.25, -0.2) is 0 Å². The lowest BCUT2D eigenvalue weighted by Gasteiger charge is -2.22. The molecule has 1 aliphatic rings. The molecule has 4 heteroatoms. The van der Waals surface area contributed by atoms with Crippen LogP contribution < -0.4 is 10.6 Å². The van der Waals surface area contributed by atoms with Gasteiger partial charge in [0.05, 0.1) is 7.11 Å². The topological polar surface area (TPSA) is 43.4 Å². The summed E-state index contributed by atoms with van der Waals surface area (Å²) in [5.41, 5.74) is 0.501. The number of rotatable bonds is 6. The SMILES string of the molecule is CO/C(=C\C[C@@H]1CCC(=O)[C@H]1C)P(=O)(c1ccccc1)c1ccccc1. The van der Waals surface area contributed by atoms with Crippen LogP contribution in [0.5, 0.6) is 0 Å². The third kappa shape index (κ3) is 3.54. The van der Waals surface area contributed by atoms with Crippen LogP contribution in [-0.2, 0) is 14.1 Å². The molecule has 0 unspecified atom stereocenters. The summed E-state index contributed by atoms with van der Waals surface area (Å²) in [5.74, 6) is 0.696. The third-order valence-corrected chi connectivity index (χ3v) is 8.37. The Bertz CT molecular complexity index is 783. The van der Waals surface area contributed by atoms with E-state index in [0.29, 0.717) is 30.0 Å². The fraction of sp³-hybridized carbons (Fsp3) is 0.318. The summed E-state index contributed by atoms with van der Waals surface area (Å²) in [6.45, 7) is 1.99. The van der Waals surface area contributed by atoms with Crippen LogP contribution in [-0.4, -0.2) is 12.9 Å². The second kappa shape index (κ2) is 8.05. The number of benzene rings is 2. The fourth-order valence-electron chi connectivity index (χ4n) is 3.66. The Morgan fingerprint density at radius 1 is 1.08 bits per heavy atom. The molecular formula is C22H25O3P. The van der Waals surface area contributed by atoms with Crippen molar-refractivity contribution in [3.63, 3.8) is 0 Å². The van der Waals surface area contributed by atoms with Crippen molar-refractivity contribution >= 4 is 23.5 Å². The Balaban J connectivity index is 2.01. The van der Waals surface area contributed by atoms with Crippen LogP contribution in [0.2, 0.25) is 0 Å². The molecule has 26 heavy (non-hydrogen) atoms. The highest BCUT2D eigenvalue weighted by Crippen LogP contribution is 2.52. The minimum absolute atomic E-state index is 0.0668. The van der Waals surface area contributed by atoms with E-state index in [0.717, 1.165) is 17.0 Å². The van der Waals surface area contributed by atoms with Crippen LogP contribution in [0.3, 0.4) is 0 Å². The van der Waals surface area contributed by atoms with Crippen LogP contribution in [0, 0.1) is 11.8 Å². The van der Waals surface area contributed by atoms with Crippen molar-refractivity contribution in [2.24, 2.45) is 11.8 Å². The summed E-state index contributed by atoms with van der Waals surface area (Å²) in [6, 6.07) is 19.0. The highest BCUT2D eigenvalue weighted by atomic mass is 31.2. The van der Waals surface area contributed by atoms with Gasteiger partial charge in [0.15, 0.2) is 5.50 Å². The Kier molecular flexibility index (Phi) is 5.78.